The minimum absolute atomic E-state index is 0.786. The third kappa shape index (κ3) is 1.84. The van der Waals surface area contributed by atoms with Gasteiger partial charge in [-0.2, -0.15) is 0 Å². The van der Waals surface area contributed by atoms with Gasteiger partial charge in [-0.3, -0.25) is 0 Å². The third-order valence-corrected chi connectivity index (χ3v) is 3.12. The zero-order valence-electron chi connectivity index (χ0n) is 10.5. The molecule has 90 valence electrons. The van der Waals surface area contributed by atoms with Crippen LogP contribution >= 0.6 is 0 Å². The monoisotopic (exact) mass is 237 g/mol. The third-order valence-electron chi connectivity index (χ3n) is 3.12. The molecule has 0 bridgehead atoms. The van der Waals surface area contributed by atoms with Crippen LogP contribution in [0.1, 0.15) is 5.56 Å². The van der Waals surface area contributed by atoms with E-state index in [9.17, 15) is 0 Å². The van der Waals surface area contributed by atoms with Crippen molar-refractivity contribution < 1.29 is 0 Å². The Morgan fingerprint density at radius 3 is 2.61 bits per heavy atom. The molecule has 3 nitrogen and oxygen atoms in total. The van der Waals surface area contributed by atoms with Crippen molar-refractivity contribution in [3.05, 3.63) is 48.2 Å². The Morgan fingerprint density at radius 2 is 1.83 bits per heavy atom. The summed E-state index contributed by atoms with van der Waals surface area (Å²) in [7, 11) is 1.85. The lowest BCUT2D eigenvalue weighted by Gasteiger charge is -2.03. The molecule has 0 radical (unpaired) electrons. The summed E-state index contributed by atoms with van der Waals surface area (Å²) in [5, 5.41) is 5.51. The Labute approximate surface area is 106 Å². The molecule has 0 spiro atoms. The van der Waals surface area contributed by atoms with E-state index in [2.05, 4.69) is 58.6 Å². The number of anilines is 1. The molecule has 1 heterocycles. The van der Waals surface area contributed by atoms with Gasteiger partial charge in [-0.05, 0) is 23.8 Å². The highest BCUT2D eigenvalue weighted by Crippen LogP contribution is 2.24. The van der Waals surface area contributed by atoms with Gasteiger partial charge in [0.2, 0.25) is 0 Å². The van der Waals surface area contributed by atoms with Crippen LogP contribution in [0.2, 0.25) is 0 Å². The predicted molar refractivity (Wildman–Crippen MR) is 75.8 cm³/mol. The Bertz CT molecular complexity index is 698. The lowest BCUT2D eigenvalue weighted by Crippen LogP contribution is -1.89. The van der Waals surface area contributed by atoms with Gasteiger partial charge in [0.1, 0.15) is 0 Å². The molecular weight excluding hydrogens is 222 g/mol. The molecule has 3 aromatic rings. The predicted octanol–water partition coefficient (Wildman–Crippen LogP) is 3.58. The Hall–Kier alpha value is -2.29. The first-order valence-corrected chi connectivity index (χ1v) is 6.00. The van der Waals surface area contributed by atoms with Gasteiger partial charge in [0.15, 0.2) is 5.95 Å². The fourth-order valence-corrected chi connectivity index (χ4v) is 2.13. The number of nitrogens with one attached hydrogen (secondary N) is 2. The highest BCUT2D eigenvalue weighted by Gasteiger charge is 2.03. The Balaban J connectivity index is 2.10. The Morgan fingerprint density at radius 1 is 1.06 bits per heavy atom. The molecule has 3 heteroatoms. The van der Waals surface area contributed by atoms with Crippen molar-refractivity contribution in [3.63, 3.8) is 0 Å². The van der Waals surface area contributed by atoms with E-state index in [0.29, 0.717) is 0 Å². The van der Waals surface area contributed by atoms with E-state index in [1.165, 1.54) is 16.3 Å². The molecule has 0 fully saturated rings. The van der Waals surface area contributed by atoms with Gasteiger partial charge >= 0.3 is 0 Å². The second-order valence-corrected chi connectivity index (χ2v) is 4.46. The number of rotatable bonds is 2. The van der Waals surface area contributed by atoms with Gasteiger partial charge in [0, 0.05) is 12.6 Å². The topological polar surface area (TPSA) is 40.7 Å². The van der Waals surface area contributed by atoms with E-state index in [4.69, 9.17) is 0 Å². The number of nitrogens with zero attached hydrogens (tertiary/aromatic N) is 1. The van der Waals surface area contributed by atoms with Gasteiger partial charge in [0.05, 0.1) is 11.9 Å². The van der Waals surface area contributed by atoms with Gasteiger partial charge in [0.25, 0.3) is 0 Å². The zero-order valence-corrected chi connectivity index (χ0v) is 10.5. The molecule has 0 aliphatic rings. The zero-order chi connectivity index (χ0) is 12.5. The number of aryl methyl sites for hydroxylation is 1. The fourth-order valence-electron chi connectivity index (χ4n) is 2.13. The van der Waals surface area contributed by atoms with Crippen LogP contribution in [-0.4, -0.2) is 17.0 Å². The van der Waals surface area contributed by atoms with Crippen molar-refractivity contribution in [2.45, 2.75) is 6.92 Å². The summed E-state index contributed by atoms with van der Waals surface area (Å²) in [6.07, 6.45) is 1.85. The van der Waals surface area contributed by atoms with Crippen LogP contribution in [0.4, 0.5) is 5.95 Å². The van der Waals surface area contributed by atoms with E-state index in [1.807, 2.05) is 13.2 Å². The van der Waals surface area contributed by atoms with Gasteiger partial charge < -0.3 is 10.3 Å². The van der Waals surface area contributed by atoms with E-state index in [0.717, 1.165) is 17.2 Å². The SMILES string of the molecule is CNc1ncc(-c2ccc3cc(C)ccc3c2)[nH]1. The lowest BCUT2D eigenvalue weighted by atomic mass is 10.0. The van der Waals surface area contributed by atoms with Gasteiger partial charge in [-0.25, -0.2) is 4.98 Å². The largest absolute Gasteiger partial charge is 0.359 e. The van der Waals surface area contributed by atoms with Crippen LogP contribution in [-0.2, 0) is 0 Å². The summed E-state index contributed by atoms with van der Waals surface area (Å²) in [6.45, 7) is 2.11. The lowest BCUT2D eigenvalue weighted by molar-refractivity contribution is 1.26. The molecule has 0 aliphatic carbocycles. The van der Waals surface area contributed by atoms with Crippen LogP contribution in [0.15, 0.2) is 42.6 Å². The molecule has 18 heavy (non-hydrogen) atoms. The number of aromatic amines is 1. The Kier molecular flexibility index (Phi) is 2.52. The van der Waals surface area contributed by atoms with Crippen LogP contribution in [0, 0.1) is 6.92 Å². The second kappa shape index (κ2) is 4.18. The first kappa shape index (κ1) is 10.8. The average molecular weight is 237 g/mol. The van der Waals surface area contributed by atoms with Crippen LogP contribution in [0.25, 0.3) is 22.0 Å². The van der Waals surface area contributed by atoms with Gasteiger partial charge in [-0.1, -0.05) is 35.9 Å². The van der Waals surface area contributed by atoms with Crippen LogP contribution in [0.5, 0.6) is 0 Å². The number of imidazole rings is 1. The van der Waals surface area contributed by atoms with Crippen LogP contribution < -0.4 is 5.32 Å². The van der Waals surface area contributed by atoms with Crippen molar-refractivity contribution >= 4 is 16.7 Å². The molecule has 0 unspecified atom stereocenters. The van der Waals surface area contributed by atoms with E-state index in [-0.39, 0.29) is 0 Å². The van der Waals surface area contributed by atoms with Crippen molar-refractivity contribution in [2.75, 3.05) is 12.4 Å². The number of aromatic nitrogens is 2. The minimum atomic E-state index is 0.786. The summed E-state index contributed by atoms with van der Waals surface area (Å²) >= 11 is 0. The molecule has 0 aliphatic heterocycles. The molecule has 0 atom stereocenters. The molecular formula is C15H15N3. The first-order valence-electron chi connectivity index (χ1n) is 6.00. The second-order valence-electron chi connectivity index (χ2n) is 4.46. The fraction of sp³-hybridized carbons (Fsp3) is 0.133. The molecule has 3 rings (SSSR count). The normalized spacial score (nSPS) is 10.8. The smallest absolute Gasteiger partial charge is 0.200 e. The first-order chi connectivity index (χ1) is 8.76. The maximum atomic E-state index is 4.24. The number of benzene rings is 2. The number of hydrogen-bond donors (Lipinski definition) is 2. The molecule has 0 saturated heterocycles. The van der Waals surface area contributed by atoms with E-state index in [1.54, 1.807) is 0 Å². The quantitative estimate of drug-likeness (QED) is 0.715. The van der Waals surface area contributed by atoms with E-state index >= 15 is 0 Å². The average Bonchev–Trinajstić information content (AvgIpc) is 2.87. The number of fused-ring (bicyclic) bond motifs is 1. The molecule has 2 N–H and O–H groups in total. The summed E-state index contributed by atoms with van der Waals surface area (Å²) < 4.78 is 0. The summed E-state index contributed by atoms with van der Waals surface area (Å²) in [5.74, 6) is 0.786. The van der Waals surface area contributed by atoms with E-state index < -0.39 is 0 Å². The number of H-pyrrole nitrogens is 1. The number of hydrogen-bond acceptors (Lipinski definition) is 2. The minimum Gasteiger partial charge on any atom is -0.359 e. The maximum Gasteiger partial charge on any atom is 0.200 e. The van der Waals surface area contributed by atoms with Crippen molar-refractivity contribution in [3.8, 4) is 11.3 Å². The van der Waals surface area contributed by atoms with Crippen LogP contribution in [0.3, 0.4) is 0 Å². The highest BCUT2D eigenvalue weighted by molar-refractivity contribution is 5.87. The molecule has 0 amide bonds. The van der Waals surface area contributed by atoms with Crippen molar-refractivity contribution in [1.29, 1.82) is 0 Å². The molecule has 2 aromatic carbocycles. The maximum absolute atomic E-state index is 4.24. The standard InChI is InChI=1S/C15H15N3/c1-10-3-4-12-8-13(6-5-11(12)7-10)14-9-17-15(16-2)18-14/h3-9H,1-2H3,(H2,16,17,18). The summed E-state index contributed by atoms with van der Waals surface area (Å²) in [6, 6.07) is 12.9. The molecule has 0 saturated carbocycles. The van der Waals surface area contributed by atoms with Crippen molar-refractivity contribution in [1.82, 2.24) is 9.97 Å². The highest BCUT2D eigenvalue weighted by atomic mass is 15.1. The summed E-state index contributed by atoms with van der Waals surface area (Å²) in [5.41, 5.74) is 3.47. The summed E-state index contributed by atoms with van der Waals surface area (Å²) in [4.78, 5) is 7.47. The van der Waals surface area contributed by atoms with Crippen molar-refractivity contribution in [2.24, 2.45) is 0 Å². The molecule has 1 aromatic heterocycles. The van der Waals surface area contributed by atoms with Gasteiger partial charge in [-0.15, -0.1) is 0 Å².